The van der Waals surface area contributed by atoms with Gasteiger partial charge in [-0.15, -0.1) is 0 Å². The lowest BCUT2D eigenvalue weighted by atomic mass is 10.1. The summed E-state index contributed by atoms with van der Waals surface area (Å²) >= 11 is 0. The van der Waals surface area contributed by atoms with Gasteiger partial charge in [-0.1, -0.05) is 6.07 Å². The van der Waals surface area contributed by atoms with Crippen molar-refractivity contribution in [3.05, 3.63) is 47.3 Å². The molecule has 2 N–H and O–H groups in total. The van der Waals surface area contributed by atoms with Crippen LogP contribution in [0.2, 0.25) is 0 Å². The summed E-state index contributed by atoms with van der Waals surface area (Å²) in [6.07, 6.45) is 0.589. The molecule has 0 bridgehead atoms. The van der Waals surface area contributed by atoms with Crippen LogP contribution < -0.4 is 5.73 Å². The summed E-state index contributed by atoms with van der Waals surface area (Å²) in [6, 6.07) is 3.45. The molecule has 76 valence electrons. The van der Waals surface area contributed by atoms with E-state index < -0.39 is 11.6 Å². The van der Waals surface area contributed by atoms with E-state index in [1.54, 1.807) is 0 Å². The summed E-state index contributed by atoms with van der Waals surface area (Å²) in [5.74, 6) is -1.84. The van der Waals surface area contributed by atoms with Gasteiger partial charge in [-0.3, -0.25) is 0 Å². The normalized spacial score (nSPS) is 11.9. The van der Waals surface area contributed by atoms with Crippen LogP contribution in [-0.4, -0.2) is 6.54 Å². The summed E-state index contributed by atoms with van der Waals surface area (Å²) in [6.45, 7) is 0.0650. The zero-order valence-corrected chi connectivity index (χ0v) is 7.43. The molecule has 1 aromatic rings. The van der Waals surface area contributed by atoms with E-state index in [2.05, 4.69) is 0 Å². The number of nitrogens with two attached hydrogens (primary N) is 1. The molecular weight excluding hydrogens is 191 g/mol. The predicted octanol–water partition coefficient (Wildman–Crippen LogP) is 2.32. The maximum atomic E-state index is 12.7. The van der Waals surface area contributed by atoms with Gasteiger partial charge < -0.3 is 5.73 Å². The Bertz CT molecular complexity index is 347. The molecule has 1 nitrogen and oxygen atoms in total. The van der Waals surface area contributed by atoms with Gasteiger partial charge in [0, 0.05) is 6.54 Å². The van der Waals surface area contributed by atoms with E-state index in [-0.39, 0.29) is 13.0 Å². The number of benzene rings is 1. The lowest BCUT2D eigenvalue weighted by molar-refractivity contribution is 0.507. The average molecular weight is 201 g/mol. The van der Waals surface area contributed by atoms with Gasteiger partial charge in [0.1, 0.15) is 0 Å². The van der Waals surface area contributed by atoms with Crippen molar-refractivity contribution in [2.75, 3.05) is 6.54 Å². The third-order valence-corrected chi connectivity index (χ3v) is 1.83. The second-order valence-electron chi connectivity index (χ2n) is 2.90. The average Bonchev–Trinajstić information content (AvgIpc) is 2.19. The van der Waals surface area contributed by atoms with Crippen molar-refractivity contribution in [2.45, 2.75) is 6.42 Å². The molecule has 0 heterocycles. The molecule has 1 aromatic carbocycles. The monoisotopic (exact) mass is 201 g/mol. The van der Waals surface area contributed by atoms with Gasteiger partial charge in [-0.05, 0) is 29.7 Å². The van der Waals surface area contributed by atoms with E-state index in [1.807, 2.05) is 0 Å². The van der Waals surface area contributed by atoms with Gasteiger partial charge in [0.15, 0.2) is 11.6 Å². The molecule has 0 unspecified atom stereocenters. The van der Waals surface area contributed by atoms with Crippen LogP contribution in [0.1, 0.15) is 5.56 Å². The fraction of sp³-hybridized carbons (Fsp3) is 0.200. The number of rotatable bonds is 3. The molecule has 0 radical (unpaired) electrons. The fourth-order valence-corrected chi connectivity index (χ4v) is 1.07. The van der Waals surface area contributed by atoms with Crippen LogP contribution in [0.25, 0.3) is 0 Å². The number of hydrogen-bond donors (Lipinski definition) is 1. The van der Waals surface area contributed by atoms with Gasteiger partial charge in [0.05, 0.1) is 6.33 Å². The first-order valence-electron chi connectivity index (χ1n) is 4.09. The van der Waals surface area contributed by atoms with E-state index >= 15 is 0 Å². The molecule has 0 aromatic heterocycles. The highest BCUT2D eigenvalue weighted by Crippen LogP contribution is 2.12. The Morgan fingerprint density at radius 3 is 2.50 bits per heavy atom. The zero-order valence-electron chi connectivity index (χ0n) is 7.43. The highest BCUT2D eigenvalue weighted by atomic mass is 19.2. The van der Waals surface area contributed by atoms with Crippen molar-refractivity contribution >= 4 is 0 Å². The van der Waals surface area contributed by atoms with Crippen LogP contribution in [0.15, 0.2) is 30.1 Å². The highest BCUT2D eigenvalue weighted by Gasteiger charge is 2.04. The standard InChI is InChI=1S/C10H10F3N/c11-5-8(6-14)3-7-1-2-9(12)10(13)4-7/h1-2,4-5H,3,6,14H2/b8-5-. The molecule has 0 saturated carbocycles. The predicted molar refractivity (Wildman–Crippen MR) is 48.3 cm³/mol. The lowest BCUT2D eigenvalue weighted by Crippen LogP contribution is -2.05. The molecule has 0 amide bonds. The van der Waals surface area contributed by atoms with Gasteiger partial charge in [-0.2, -0.15) is 0 Å². The first-order valence-corrected chi connectivity index (χ1v) is 4.09. The Balaban J connectivity index is 2.82. The molecule has 0 fully saturated rings. The van der Waals surface area contributed by atoms with Crippen molar-refractivity contribution in [3.63, 3.8) is 0 Å². The van der Waals surface area contributed by atoms with Crippen molar-refractivity contribution in [1.82, 2.24) is 0 Å². The van der Waals surface area contributed by atoms with Crippen LogP contribution in [0, 0.1) is 11.6 Å². The van der Waals surface area contributed by atoms with Crippen LogP contribution in [0.5, 0.6) is 0 Å². The number of hydrogen-bond acceptors (Lipinski definition) is 1. The van der Waals surface area contributed by atoms with Gasteiger partial charge >= 0.3 is 0 Å². The molecule has 0 aliphatic rings. The molecule has 0 atom stereocenters. The van der Waals surface area contributed by atoms with Crippen LogP contribution >= 0.6 is 0 Å². The smallest absolute Gasteiger partial charge is 0.159 e. The highest BCUT2D eigenvalue weighted by molar-refractivity contribution is 5.23. The van der Waals surface area contributed by atoms with Gasteiger partial charge in [0.2, 0.25) is 0 Å². The Morgan fingerprint density at radius 1 is 1.29 bits per heavy atom. The molecule has 0 saturated heterocycles. The van der Waals surface area contributed by atoms with Gasteiger partial charge in [0.25, 0.3) is 0 Å². The van der Waals surface area contributed by atoms with Crippen molar-refractivity contribution in [3.8, 4) is 0 Å². The Morgan fingerprint density at radius 2 is 2.00 bits per heavy atom. The second kappa shape index (κ2) is 4.81. The van der Waals surface area contributed by atoms with E-state index in [4.69, 9.17) is 5.73 Å². The van der Waals surface area contributed by atoms with Crippen molar-refractivity contribution < 1.29 is 13.2 Å². The fourth-order valence-electron chi connectivity index (χ4n) is 1.07. The molecule has 14 heavy (non-hydrogen) atoms. The molecule has 4 heteroatoms. The first-order chi connectivity index (χ1) is 6.67. The zero-order chi connectivity index (χ0) is 10.6. The van der Waals surface area contributed by atoms with Crippen LogP contribution in [0.4, 0.5) is 13.2 Å². The second-order valence-corrected chi connectivity index (χ2v) is 2.90. The summed E-state index contributed by atoms with van der Waals surface area (Å²) in [4.78, 5) is 0. The minimum absolute atomic E-state index is 0.0650. The molecule has 0 spiro atoms. The Labute approximate surface area is 80.0 Å². The van der Waals surface area contributed by atoms with Crippen LogP contribution in [-0.2, 0) is 6.42 Å². The minimum Gasteiger partial charge on any atom is -0.327 e. The Hall–Kier alpha value is -1.29. The Kier molecular flexibility index (Phi) is 3.71. The molecule has 0 aliphatic heterocycles. The summed E-state index contributed by atoms with van der Waals surface area (Å²) in [5, 5.41) is 0. The quantitative estimate of drug-likeness (QED) is 0.797. The van der Waals surface area contributed by atoms with E-state index in [1.165, 1.54) is 6.07 Å². The maximum Gasteiger partial charge on any atom is 0.159 e. The molecule has 1 rings (SSSR count). The molecule has 0 aliphatic carbocycles. The lowest BCUT2D eigenvalue weighted by Gasteiger charge is -2.03. The molecular formula is C10H10F3N. The van der Waals surface area contributed by atoms with E-state index in [0.29, 0.717) is 17.5 Å². The SMILES string of the molecule is NC/C(=C\F)Cc1ccc(F)c(F)c1. The topological polar surface area (TPSA) is 26.0 Å². The third-order valence-electron chi connectivity index (χ3n) is 1.83. The number of halogens is 3. The van der Waals surface area contributed by atoms with Crippen molar-refractivity contribution in [1.29, 1.82) is 0 Å². The van der Waals surface area contributed by atoms with E-state index in [9.17, 15) is 13.2 Å². The van der Waals surface area contributed by atoms with Crippen LogP contribution in [0.3, 0.4) is 0 Å². The summed E-state index contributed by atoms with van der Waals surface area (Å²) < 4.78 is 37.3. The summed E-state index contributed by atoms with van der Waals surface area (Å²) in [5.41, 5.74) is 6.06. The minimum atomic E-state index is -0.933. The maximum absolute atomic E-state index is 12.7. The largest absolute Gasteiger partial charge is 0.327 e. The van der Waals surface area contributed by atoms with Gasteiger partial charge in [-0.25, -0.2) is 13.2 Å². The van der Waals surface area contributed by atoms with E-state index in [0.717, 1.165) is 12.1 Å². The third kappa shape index (κ3) is 2.60. The summed E-state index contributed by atoms with van der Waals surface area (Å²) in [7, 11) is 0. The first kappa shape index (κ1) is 10.8. The van der Waals surface area contributed by atoms with Crippen molar-refractivity contribution in [2.24, 2.45) is 5.73 Å².